The van der Waals surface area contributed by atoms with Crippen molar-refractivity contribution in [1.29, 1.82) is 5.26 Å². The molecule has 9 heteroatoms. The van der Waals surface area contributed by atoms with E-state index in [-0.39, 0.29) is 47.3 Å². The van der Waals surface area contributed by atoms with Gasteiger partial charge in [0.1, 0.15) is 6.54 Å². The molecule has 1 amide bonds. The van der Waals surface area contributed by atoms with E-state index >= 15 is 0 Å². The molecule has 2 aromatic heterocycles. The van der Waals surface area contributed by atoms with Crippen LogP contribution in [0.25, 0.3) is 16.7 Å². The standard InChI is InChI=1S/C23H22N6O3/c1-14(2)25-20(30)17-8-9-18-19(12-17)29-22(26-28(11-10-24)23(29)32)27(21(18)31)13-16-6-4-15(3)5-7-16/h4-9,12,14H,11,13H2,1-3H3,(H,25,30). The van der Waals surface area contributed by atoms with Crippen molar-refractivity contribution in [2.45, 2.75) is 39.9 Å². The van der Waals surface area contributed by atoms with Crippen molar-refractivity contribution in [3.05, 3.63) is 80.0 Å². The Labute approximate surface area is 183 Å². The highest BCUT2D eigenvalue weighted by Gasteiger charge is 2.19. The first-order valence-electron chi connectivity index (χ1n) is 10.2. The van der Waals surface area contributed by atoms with Gasteiger partial charge in [-0.3, -0.25) is 14.2 Å². The van der Waals surface area contributed by atoms with Crippen LogP contribution in [0.2, 0.25) is 0 Å². The van der Waals surface area contributed by atoms with E-state index in [4.69, 9.17) is 5.26 Å². The summed E-state index contributed by atoms with van der Waals surface area (Å²) in [6, 6.07) is 14.2. The zero-order valence-corrected chi connectivity index (χ0v) is 18.0. The van der Waals surface area contributed by atoms with Gasteiger partial charge in [-0.2, -0.15) is 9.94 Å². The smallest absolute Gasteiger partial charge is 0.350 e. The van der Waals surface area contributed by atoms with Crippen molar-refractivity contribution in [3.8, 4) is 6.07 Å². The second-order valence-corrected chi connectivity index (χ2v) is 7.97. The summed E-state index contributed by atoms with van der Waals surface area (Å²) in [5.41, 5.74) is 1.67. The molecule has 0 aliphatic heterocycles. The summed E-state index contributed by atoms with van der Waals surface area (Å²) in [5.74, 6) is -0.193. The summed E-state index contributed by atoms with van der Waals surface area (Å²) in [7, 11) is 0. The molecule has 4 aromatic rings. The van der Waals surface area contributed by atoms with Crippen molar-refractivity contribution in [2.24, 2.45) is 0 Å². The van der Waals surface area contributed by atoms with E-state index < -0.39 is 5.69 Å². The van der Waals surface area contributed by atoms with Gasteiger partial charge in [0, 0.05) is 11.6 Å². The third-order valence-electron chi connectivity index (χ3n) is 5.14. The molecule has 2 heterocycles. The molecule has 0 fully saturated rings. The average molecular weight is 430 g/mol. The molecular weight excluding hydrogens is 408 g/mol. The number of carbonyl (C=O) groups is 1. The summed E-state index contributed by atoms with van der Waals surface area (Å²) in [4.78, 5) is 38.9. The quantitative estimate of drug-likeness (QED) is 0.519. The van der Waals surface area contributed by atoms with Crippen LogP contribution in [0, 0.1) is 18.3 Å². The molecule has 0 bridgehead atoms. The van der Waals surface area contributed by atoms with Gasteiger partial charge in [-0.25, -0.2) is 9.20 Å². The van der Waals surface area contributed by atoms with E-state index in [0.717, 1.165) is 15.8 Å². The van der Waals surface area contributed by atoms with E-state index in [1.165, 1.54) is 15.0 Å². The van der Waals surface area contributed by atoms with Gasteiger partial charge >= 0.3 is 5.69 Å². The van der Waals surface area contributed by atoms with Gasteiger partial charge in [-0.15, -0.1) is 5.10 Å². The largest absolute Gasteiger partial charge is 0.353 e. The predicted octanol–water partition coefficient (Wildman–Crippen LogP) is 1.83. The molecule has 4 rings (SSSR count). The number of aromatic nitrogens is 4. The summed E-state index contributed by atoms with van der Waals surface area (Å²) in [5, 5.41) is 16.4. The molecule has 0 aliphatic rings. The van der Waals surface area contributed by atoms with Crippen LogP contribution >= 0.6 is 0 Å². The molecule has 9 nitrogen and oxygen atoms in total. The number of benzene rings is 2. The number of fused-ring (bicyclic) bond motifs is 3. The maximum Gasteiger partial charge on any atom is 0.353 e. The minimum absolute atomic E-state index is 0.0678. The Morgan fingerprint density at radius 1 is 1.16 bits per heavy atom. The molecule has 0 saturated carbocycles. The Morgan fingerprint density at radius 3 is 2.53 bits per heavy atom. The van der Waals surface area contributed by atoms with Crippen molar-refractivity contribution < 1.29 is 4.79 Å². The fourth-order valence-corrected chi connectivity index (χ4v) is 3.59. The van der Waals surface area contributed by atoms with Crippen LogP contribution in [0.4, 0.5) is 0 Å². The first-order chi connectivity index (χ1) is 15.3. The van der Waals surface area contributed by atoms with Crippen molar-refractivity contribution >= 4 is 22.6 Å². The van der Waals surface area contributed by atoms with Gasteiger partial charge in [-0.1, -0.05) is 29.8 Å². The lowest BCUT2D eigenvalue weighted by Gasteiger charge is -2.12. The van der Waals surface area contributed by atoms with E-state index in [0.29, 0.717) is 5.56 Å². The first kappa shape index (κ1) is 21.1. The van der Waals surface area contributed by atoms with Crippen LogP contribution < -0.4 is 16.6 Å². The zero-order chi connectivity index (χ0) is 23.0. The fourth-order valence-electron chi connectivity index (χ4n) is 3.59. The number of nitriles is 1. The number of hydrogen-bond donors (Lipinski definition) is 1. The summed E-state index contributed by atoms with van der Waals surface area (Å²) < 4.78 is 3.71. The lowest BCUT2D eigenvalue weighted by Crippen LogP contribution is -2.30. The minimum Gasteiger partial charge on any atom is -0.350 e. The Morgan fingerprint density at radius 2 is 1.88 bits per heavy atom. The molecule has 0 saturated heterocycles. The Balaban J connectivity index is 2.01. The minimum atomic E-state index is -0.550. The Kier molecular flexibility index (Phi) is 5.36. The maximum absolute atomic E-state index is 13.4. The summed E-state index contributed by atoms with van der Waals surface area (Å²) in [6.07, 6.45) is 0. The fraction of sp³-hybridized carbons (Fsp3) is 0.261. The molecule has 2 aromatic carbocycles. The van der Waals surface area contributed by atoms with Crippen LogP contribution in [0.15, 0.2) is 52.1 Å². The van der Waals surface area contributed by atoms with Gasteiger partial charge in [0.05, 0.1) is 23.5 Å². The van der Waals surface area contributed by atoms with Crippen molar-refractivity contribution in [2.75, 3.05) is 0 Å². The predicted molar refractivity (Wildman–Crippen MR) is 120 cm³/mol. The van der Waals surface area contributed by atoms with E-state index in [1.54, 1.807) is 12.1 Å². The number of nitrogens with zero attached hydrogens (tertiary/aromatic N) is 5. The number of hydrogen-bond acceptors (Lipinski definition) is 5. The van der Waals surface area contributed by atoms with Crippen molar-refractivity contribution in [3.63, 3.8) is 0 Å². The molecular formula is C23H22N6O3. The highest BCUT2D eigenvalue weighted by molar-refractivity contribution is 5.98. The highest BCUT2D eigenvalue weighted by atomic mass is 16.2. The number of amides is 1. The molecule has 0 radical (unpaired) electrons. The van der Waals surface area contributed by atoms with E-state index in [1.807, 2.05) is 51.1 Å². The van der Waals surface area contributed by atoms with Gasteiger partial charge in [-0.05, 0) is 44.5 Å². The van der Waals surface area contributed by atoms with E-state index in [9.17, 15) is 14.4 Å². The number of aryl methyl sites for hydroxylation is 1. The van der Waals surface area contributed by atoms with E-state index in [2.05, 4.69) is 10.4 Å². The number of carbonyl (C=O) groups excluding carboxylic acids is 1. The topological polar surface area (TPSA) is 114 Å². The molecule has 0 aliphatic carbocycles. The van der Waals surface area contributed by atoms with Crippen LogP contribution in [0.1, 0.15) is 35.3 Å². The second kappa shape index (κ2) is 8.15. The van der Waals surface area contributed by atoms with Crippen LogP contribution in [0.5, 0.6) is 0 Å². The molecule has 1 N–H and O–H groups in total. The van der Waals surface area contributed by atoms with Gasteiger partial charge in [0.25, 0.3) is 11.5 Å². The number of nitrogens with one attached hydrogen (secondary N) is 1. The highest BCUT2D eigenvalue weighted by Crippen LogP contribution is 2.16. The molecule has 0 atom stereocenters. The lowest BCUT2D eigenvalue weighted by molar-refractivity contribution is 0.0943. The Bertz CT molecular complexity index is 1500. The number of rotatable bonds is 5. The van der Waals surface area contributed by atoms with Gasteiger partial charge < -0.3 is 5.32 Å². The summed E-state index contributed by atoms with van der Waals surface area (Å²) in [6.45, 7) is 5.61. The lowest BCUT2D eigenvalue weighted by atomic mass is 10.1. The maximum atomic E-state index is 13.4. The van der Waals surface area contributed by atoms with Gasteiger partial charge in [0.2, 0.25) is 5.78 Å². The van der Waals surface area contributed by atoms with Crippen molar-refractivity contribution in [1.82, 2.24) is 24.1 Å². The van der Waals surface area contributed by atoms with Crippen LogP contribution in [0.3, 0.4) is 0 Å². The third kappa shape index (κ3) is 3.67. The summed E-state index contributed by atoms with van der Waals surface area (Å²) >= 11 is 0. The normalized spacial score (nSPS) is 11.2. The molecule has 0 unspecified atom stereocenters. The zero-order valence-electron chi connectivity index (χ0n) is 18.0. The first-order valence-corrected chi connectivity index (χ1v) is 10.2. The monoisotopic (exact) mass is 430 g/mol. The average Bonchev–Trinajstić information content (AvgIpc) is 3.08. The Hall–Kier alpha value is -4.19. The second-order valence-electron chi connectivity index (χ2n) is 7.97. The molecule has 0 spiro atoms. The third-order valence-corrected chi connectivity index (χ3v) is 5.14. The molecule has 162 valence electrons. The van der Waals surface area contributed by atoms with Gasteiger partial charge in [0.15, 0.2) is 0 Å². The molecule has 32 heavy (non-hydrogen) atoms. The van der Waals surface area contributed by atoms with Crippen LogP contribution in [-0.2, 0) is 13.1 Å². The van der Waals surface area contributed by atoms with Crippen LogP contribution in [-0.4, -0.2) is 30.7 Å². The SMILES string of the molecule is Cc1ccc(Cn2c(=O)c3ccc(C(=O)NC(C)C)cc3n3c(=O)n(CC#N)nc23)cc1.